The lowest BCUT2D eigenvalue weighted by Gasteiger charge is -2.36. The predicted molar refractivity (Wildman–Crippen MR) is 214 cm³/mol. The van der Waals surface area contributed by atoms with Crippen LogP contribution in [0.25, 0.3) is 0 Å². The van der Waals surface area contributed by atoms with Gasteiger partial charge in [0.15, 0.2) is 0 Å². The number of nitrogens with zero attached hydrogens (tertiary/aromatic N) is 6. The number of amides is 2. The highest BCUT2D eigenvalue weighted by atomic mass is 16.5. The van der Waals surface area contributed by atoms with Gasteiger partial charge in [-0.1, -0.05) is 60.7 Å². The van der Waals surface area contributed by atoms with E-state index in [2.05, 4.69) is 20.0 Å². The zero-order valence-electron chi connectivity index (χ0n) is 32.0. The number of hydrazone groups is 2. The number of ether oxygens (including phenoxy) is 2. The van der Waals surface area contributed by atoms with Crippen molar-refractivity contribution in [1.29, 1.82) is 0 Å². The summed E-state index contributed by atoms with van der Waals surface area (Å²) in [5, 5.41) is 33.9. The molecule has 0 radical (unpaired) electrons. The second kappa shape index (κ2) is 18.0. The Morgan fingerprint density at radius 3 is 1.29 bits per heavy atom. The minimum atomic E-state index is -0.652. The van der Waals surface area contributed by atoms with Crippen LogP contribution >= 0.6 is 0 Å². The Morgan fingerprint density at radius 2 is 0.946 bits per heavy atom. The molecule has 7 rings (SSSR count). The number of piperazine rings is 1. The molecule has 12 heteroatoms. The molecule has 12 nitrogen and oxygen atoms in total. The average molecular weight is 759 g/mol. The highest BCUT2D eigenvalue weighted by Gasteiger charge is 2.32. The molecule has 0 spiro atoms. The topological polar surface area (TPSA) is 131 Å². The normalized spacial score (nSPS) is 20.0. The van der Waals surface area contributed by atoms with Gasteiger partial charge in [-0.05, 0) is 70.8 Å². The number of carbonyl (C=O) groups is 2. The number of hydrogen-bond donors (Lipinski definition) is 2. The Hall–Kier alpha value is -5.40. The lowest BCUT2D eigenvalue weighted by molar-refractivity contribution is -0.131. The third-order valence-corrected chi connectivity index (χ3v) is 10.5. The maximum atomic E-state index is 12.3. The lowest BCUT2D eigenvalue weighted by Crippen LogP contribution is -2.51. The van der Waals surface area contributed by atoms with Crippen molar-refractivity contribution in [2.45, 2.75) is 51.0 Å². The van der Waals surface area contributed by atoms with Crippen molar-refractivity contribution in [3.8, 4) is 11.5 Å². The number of hydrogen-bond acceptors (Lipinski definition) is 10. The molecule has 4 aromatic carbocycles. The van der Waals surface area contributed by atoms with Crippen molar-refractivity contribution < 1.29 is 29.3 Å². The van der Waals surface area contributed by atoms with Gasteiger partial charge in [-0.25, -0.2) is 10.0 Å². The fourth-order valence-electron chi connectivity index (χ4n) is 7.55. The van der Waals surface area contributed by atoms with Gasteiger partial charge in [-0.2, -0.15) is 10.2 Å². The van der Waals surface area contributed by atoms with Gasteiger partial charge in [0.1, 0.15) is 36.9 Å². The second-order valence-corrected chi connectivity index (χ2v) is 14.7. The van der Waals surface area contributed by atoms with E-state index in [4.69, 9.17) is 9.47 Å². The first-order chi connectivity index (χ1) is 27.2. The van der Waals surface area contributed by atoms with Gasteiger partial charge in [0.2, 0.25) is 11.8 Å². The third-order valence-electron chi connectivity index (χ3n) is 10.5. The van der Waals surface area contributed by atoms with E-state index >= 15 is 0 Å². The fraction of sp³-hybridized carbons (Fsp3) is 0.364. The van der Waals surface area contributed by atoms with Crippen LogP contribution in [0.2, 0.25) is 0 Å². The van der Waals surface area contributed by atoms with Crippen LogP contribution in [-0.4, -0.2) is 118 Å². The first-order valence-corrected chi connectivity index (χ1v) is 19.3. The fourth-order valence-corrected chi connectivity index (χ4v) is 7.55. The molecule has 0 bridgehead atoms. The summed E-state index contributed by atoms with van der Waals surface area (Å²) >= 11 is 0. The van der Waals surface area contributed by atoms with E-state index in [1.165, 1.54) is 13.8 Å². The van der Waals surface area contributed by atoms with Crippen LogP contribution in [0.4, 0.5) is 0 Å². The van der Waals surface area contributed by atoms with Crippen LogP contribution in [0.1, 0.15) is 61.0 Å². The Balaban J connectivity index is 0.799. The van der Waals surface area contributed by atoms with Crippen LogP contribution in [0.3, 0.4) is 0 Å². The molecule has 292 valence electrons. The quantitative estimate of drug-likeness (QED) is 0.186. The summed E-state index contributed by atoms with van der Waals surface area (Å²) in [5.74, 6) is 1.13. The number of benzene rings is 4. The molecular formula is C44H50N6O6. The van der Waals surface area contributed by atoms with Crippen LogP contribution < -0.4 is 9.47 Å². The monoisotopic (exact) mass is 758 g/mol. The van der Waals surface area contributed by atoms with Crippen LogP contribution in [-0.2, 0) is 9.59 Å². The molecule has 0 aromatic heterocycles. The highest BCUT2D eigenvalue weighted by Crippen LogP contribution is 2.34. The van der Waals surface area contributed by atoms with E-state index in [1.807, 2.05) is 109 Å². The predicted octanol–water partition coefficient (Wildman–Crippen LogP) is 4.88. The Labute approximate surface area is 328 Å². The van der Waals surface area contributed by atoms with Crippen molar-refractivity contribution >= 4 is 23.2 Å². The van der Waals surface area contributed by atoms with Gasteiger partial charge in [0.25, 0.3) is 0 Å². The van der Waals surface area contributed by atoms with Gasteiger partial charge in [-0.3, -0.25) is 19.4 Å². The molecule has 0 saturated carbocycles. The molecule has 1 fully saturated rings. The lowest BCUT2D eigenvalue weighted by atomic mass is 9.98. The maximum Gasteiger partial charge on any atom is 0.240 e. The van der Waals surface area contributed by atoms with Gasteiger partial charge >= 0.3 is 0 Å². The van der Waals surface area contributed by atoms with Crippen LogP contribution in [0, 0.1) is 0 Å². The molecule has 1 saturated heterocycles. The van der Waals surface area contributed by atoms with Crippen LogP contribution in [0.15, 0.2) is 119 Å². The number of aliphatic hydroxyl groups excluding tert-OH is 2. The Kier molecular flexibility index (Phi) is 12.5. The molecule has 3 heterocycles. The van der Waals surface area contributed by atoms with Gasteiger partial charge in [0.05, 0.1) is 23.5 Å². The summed E-state index contributed by atoms with van der Waals surface area (Å²) < 4.78 is 11.8. The molecule has 2 amide bonds. The average Bonchev–Trinajstić information content (AvgIpc) is 3.88. The van der Waals surface area contributed by atoms with Crippen LogP contribution in [0.5, 0.6) is 11.5 Å². The molecule has 3 aliphatic rings. The van der Waals surface area contributed by atoms with E-state index in [0.29, 0.717) is 37.4 Å². The standard InChI is InChI=1S/C44H50N6O6/c1-31(51)49-43(35-9-5-3-6-10-35)25-41(45-49)33-13-17-39(18-14-33)55-29-37(53)27-47-21-23-48(24-22-47)28-38(54)30-56-40-19-15-34(16-20-40)42-26-44(50(46-42)32(2)52)36-11-7-4-8-12-36/h3-20,37-38,43-44,53-54H,21-30H2,1-2H3/t37-,38+,43-,44-/m0/s1. The maximum absolute atomic E-state index is 12.3. The van der Waals surface area contributed by atoms with Crippen molar-refractivity contribution in [3.63, 3.8) is 0 Å². The smallest absolute Gasteiger partial charge is 0.240 e. The zero-order valence-corrected chi connectivity index (χ0v) is 32.0. The minimum Gasteiger partial charge on any atom is -0.491 e. The van der Waals surface area contributed by atoms with Crippen molar-refractivity contribution in [2.24, 2.45) is 10.2 Å². The molecule has 56 heavy (non-hydrogen) atoms. The molecular weight excluding hydrogens is 709 g/mol. The van der Waals surface area contributed by atoms with Gasteiger partial charge in [0, 0.05) is 66.0 Å². The molecule has 3 aliphatic heterocycles. The third kappa shape index (κ3) is 9.69. The SMILES string of the molecule is CC(=O)N1N=C(c2ccc(OC[C@@H](O)CN3CCN(C[C@@H](O)COc4ccc(C5=NN(C(C)=O)[C@H](c6ccccc6)C5)cc4)CC3)cc2)C[C@H]1c1ccccc1. The van der Waals surface area contributed by atoms with Crippen molar-refractivity contribution in [2.75, 3.05) is 52.5 Å². The van der Waals surface area contributed by atoms with Gasteiger partial charge < -0.3 is 19.7 Å². The number of carbonyl (C=O) groups excluding carboxylic acids is 2. The molecule has 4 aromatic rings. The summed E-state index contributed by atoms with van der Waals surface area (Å²) in [7, 11) is 0. The number of β-amino-alcohol motifs (C(OH)–C–C–N with tert-alkyl or cyclic N) is 2. The number of rotatable bonds is 14. The molecule has 2 N–H and O–H groups in total. The van der Waals surface area contributed by atoms with E-state index < -0.39 is 12.2 Å². The molecule has 0 unspecified atom stereocenters. The Morgan fingerprint density at radius 1 is 0.589 bits per heavy atom. The van der Waals surface area contributed by atoms with E-state index in [1.54, 1.807) is 10.0 Å². The Bertz CT molecular complexity index is 1840. The second-order valence-electron chi connectivity index (χ2n) is 14.7. The van der Waals surface area contributed by atoms with E-state index in [9.17, 15) is 19.8 Å². The van der Waals surface area contributed by atoms with Gasteiger partial charge in [-0.15, -0.1) is 0 Å². The summed E-state index contributed by atoms with van der Waals surface area (Å²) in [6, 6.07) is 34.9. The summed E-state index contributed by atoms with van der Waals surface area (Å²) in [6.07, 6.45) is -0.0358. The van der Waals surface area contributed by atoms with E-state index in [0.717, 1.165) is 59.9 Å². The highest BCUT2D eigenvalue weighted by molar-refractivity contribution is 6.04. The van der Waals surface area contributed by atoms with E-state index in [-0.39, 0.29) is 37.1 Å². The summed E-state index contributed by atoms with van der Waals surface area (Å²) in [4.78, 5) is 29.1. The minimum absolute atomic E-state index is 0.0929. The molecule has 4 atom stereocenters. The largest absolute Gasteiger partial charge is 0.491 e. The summed E-state index contributed by atoms with van der Waals surface area (Å²) in [5.41, 5.74) is 5.67. The molecule has 0 aliphatic carbocycles. The van der Waals surface area contributed by atoms with Crippen molar-refractivity contribution in [1.82, 2.24) is 19.8 Å². The summed E-state index contributed by atoms with van der Waals surface area (Å²) in [6.45, 7) is 7.53. The number of aliphatic hydroxyl groups is 2. The first-order valence-electron chi connectivity index (χ1n) is 19.3. The zero-order chi connectivity index (χ0) is 39.0. The van der Waals surface area contributed by atoms with Crippen molar-refractivity contribution in [3.05, 3.63) is 131 Å². The first kappa shape index (κ1) is 38.9.